The number of carbonyl (C=O) groups excluding carboxylic acids is 1. The van der Waals surface area contributed by atoms with E-state index < -0.39 is 0 Å². The third-order valence-electron chi connectivity index (χ3n) is 3.77. The zero-order valence-electron chi connectivity index (χ0n) is 10.7. The summed E-state index contributed by atoms with van der Waals surface area (Å²) in [6.07, 6.45) is 7.09. The van der Waals surface area contributed by atoms with Crippen molar-refractivity contribution in [1.29, 1.82) is 0 Å². The zero-order chi connectivity index (χ0) is 12.0. The van der Waals surface area contributed by atoms with Gasteiger partial charge in [-0.1, -0.05) is 26.7 Å². The Bertz CT molecular complexity index is 206. The van der Waals surface area contributed by atoms with E-state index in [0.29, 0.717) is 24.4 Å². The molecule has 0 spiro atoms. The van der Waals surface area contributed by atoms with Crippen molar-refractivity contribution in [2.45, 2.75) is 70.9 Å². The minimum absolute atomic E-state index is 0.231. The Balaban J connectivity index is 2.23. The van der Waals surface area contributed by atoms with E-state index in [2.05, 4.69) is 19.2 Å². The highest BCUT2D eigenvalue weighted by molar-refractivity contribution is 5.76. The molecular weight excluding hydrogens is 200 g/mol. The molecule has 16 heavy (non-hydrogen) atoms. The first kappa shape index (κ1) is 13.5. The van der Waals surface area contributed by atoms with Crippen LogP contribution in [0.3, 0.4) is 0 Å². The molecule has 0 aliphatic heterocycles. The van der Waals surface area contributed by atoms with Crippen molar-refractivity contribution in [1.82, 2.24) is 5.32 Å². The third-order valence-corrected chi connectivity index (χ3v) is 3.77. The predicted molar refractivity (Wildman–Crippen MR) is 67.1 cm³/mol. The molecule has 1 saturated carbocycles. The van der Waals surface area contributed by atoms with Gasteiger partial charge in [0.15, 0.2) is 0 Å². The molecule has 0 bridgehead atoms. The van der Waals surface area contributed by atoms with Crippen molar-refractivity contribution in [2.24, 2.45) is 11.7 Å². The highest BCUT2D eigenvalue weighted by atomic mass is 16.1. The third kappa shape index (κ3) is 4.52. The van der Waals surface area contributed by atoms with E-state index in [9.17, 15) is 4.79 Å². The summed E-state index contributed by atoms with van der Waals surface area (Å²) in [4.78, 5) is 11.8. The normalized spacial score (nSPS) is 25.8. The molecule has 1 aliphatic rings. The molecule has 1 aliphatic carbocycles. The van der Waals surface area contributed by atoms with Crippen molar-refractivity contribution in [3.8, 4) is 0 Å². The largest absolute Gasteiger partial charge is 0.353 e. The molecule has 94 valence electrons. The average molecular weight is 226 g/mol. The molecule has 0 saturated heterocycles. The first-order chi connectivity index (χ1) is 7.65. The van der Waals surface area contributed by atoms with Crippen LogP contribution in [0.4, 0.5) is 0 Å². The highest BCUT2D eigenvalue weighted by Crippen LogP contribution is 2.18. The molecule has 3 nitrogen and oxygen atoms in total. The van der Waals surface area contributed by atoms with Gasteiger partial charge in [0, 0.05) is 18.5 Å². The minimum Gasteiger partial charge on any atom is -0.353 e. The first-order valence-corrected chi connectivity index (χ1v) is 6.70. The maximum absolute atomic E-state index is 11.8. The topological polar surface area (TPSA) is 55.1 Å². The molecule has 3 N–H and O–H groups in total. The van der Waals surface area contributed by atoms with E-state index in [0.717, 1.165) is 38.5 Å². The molecule has 0 heterocycles. The molecule has 0 aromatic rings. The Morgan fingerprint density at radius 2 is 1.81 bits per heavy atom. The van der Waals surface area contributed by atoms with E-state index in [1.807, 2.05) is 0 Å². The van der Waals surface area contributed by atoms with Gasteiger partial charge in [-0.3, -0.25) is 4.79 Å². The number of hydrogen-bond donors (Lipinski definition) is 2. The lowest BCUT2D eigenvalue weighted by atomic mass is 9.91. The van der Waals surface area contributed by atoms with Gasteiger partial charge in [-0.15, -0.1) is 0 Å². The smallest absolute Gasteiger partial charge is 0.220 e. The number of nitrogens with two attached hydrogens (primary N) is 1. The maximum atomic E-state index is 11.8. The monoisotopic (exact) mass is 226 g/mol. The van der Waals surface area contributed by atoms with Crippen LogP contribution in [0.15, 0.2) is 0 Å². The van der Waals surface area contributed by atoms with E-state index in [4.69, 9.17) is 5.73 Å². The van der Waals surface area contributed by atoms with Crippen LogP contribution < -0.4 is 11.1 Å². The van der Waals surface area contributed by atoms with E-state index >= 15 is 0 Å². The molecule has 1 fully saturated rings. The quantitative estimate of drug-likeness (QED) is 0.755. The summed E-state index contributed by atoms with van der Waals surface area (Å²) >= 11 is 0. The minimum atomic E-state index is 0.231. The Hall–Kier alpha value is -0.570. The van der Waals surface area contributed by atoms with Crippen LogP contribution in [0.5, 0.6) is 0 Å². The number of amides is 1. The fourth-order valence-electron chi connectivity index (χ4n) is 2.39. The molecule has 0 aromatic carbocycles. The summed E-state index contributed by atoms with van der Waals surface area (Å²) in [6.45, 7) is 4.31. The Morgan fingerprint density at radius 1 is 1.25 bits per heavy atom. The Labute approximate surface area is 99.2 Å². The van der Waals surface area contributed by atoms with Gasteiger partial charge in [-0.2, -0.15) is 0 Å². The molecular formula is C13H26N2O. The van der Waals surface area contributed by atoms with Crippen molar-refractivity contribution >= 4 is 5.91 Å². The summed E-state index contributed by atoms with van der Waals surface area (Å²) in [5, 5.41) is 3.14. The van der Waals surface area contributed by atoms with Crippen LogP contribution in [0.25, 0.3) is 0 Å². The SMILES string of the molecule is CCC(CC)CC(=O)NC1CCC(N)CC1. The number of nitrogens with one attached hydrogen (secondary N) is 1. The molecule has 3 heteroatoms. The van der Waals surface area contributed by atoms with Gasteiger partial charge >= 0.3 is 0 Å². The van der Waals surface area contributed by atoms with Crippen molar-refractivity contribution in [3.05, 3.63) is 0 Å². The van der Waals surface area contributed by atoms with Crippen molar-refractivity contribution in [2.75, 3.05) is 0 Å². The van der Waals surface area contributed by atoms with Crippen LogP contribution in [0.2, 0.25) is 0 Å². The van der Waals surface area contributed by atoms with Crippen molar-refractivity contribution in [3.63, 3.8) is 0 Å². The van der Waals surface area contributed by atoms with Gasteiger partial charge in [0.25, 0.3) is 0 Å². The average Bonchev–Trinajstić information content (AvgIpc) is 2.29. The van der Waals surface area contributed by atoms with Crippen molar-refractivity contribution < 1.29 is 4.79 Å². The molecule has 0 aromatic heterocycles. The van der Waals surface area contributed by atoms with Gasteiger partial charge in [0.1, 0.15) is 0 Å². The fourth-order valence-corrected chi connectivity index (χ4v) is 2.39. The zero-order valence-corrected chi connectivity index (χ0v) is 10.7. The first-order valence-electron chi connectivity index (χ1n) is 6.70. The lowest BCUT2D eigenvalue weighted by Crippen LogP contribution is -2.40. The maximum Gasteiger partial charge on any atom is 0.220 e. The summed E-state index contributed by atoms with van der Waals surface area (Å²) in [5.41, 5.74) is 5.84. The lowest BCUT2D eigenvalue weighted by molar-refractivity contribution is -0.123. The van der Waals surface area contributed by atoms with Crippen LogP contribution in [-0.2, 0) is 4.79 Å². The van der Waals surface area contributed by atoms with Crippen LogP contribution >= 0.6 is 0 Å². The van der Waals surface area contributed by atoms with Gasteiger partial charge in [0.05, 0.1) is 0 Å². The van der Waals surface area contributed by atoms with Crippen LogP contribution in [0, 0.1) is 5.92 Å². The fraction of sp³-hybridized carbons (Fsp3) is 0.923. The molecule has 0 atom stereocenters. The number of carbonyl (C=O) groups is 1. The van der Waals surface area contributed by atoms with Gasteiger partial charge < -0.3 is 11.1 Å². The molecule has 1 amide bonds. The lowest BCUT2D eigenvalue weighted by Gasteiger charge is -2.27. The second-order valence-corrected chi connectivity index (χ2v) is 5.07. The Morgan fingerprint density at radius 3 is 2.31 bits per heavy atom. The van der Waals surface area contributed by atoms with Crippen LogP contribution in [0.1, 0.15) is 58.8 Å². The van der Waals surface area contributed by atoms with Gasteiger partial charge in [-0.25, -0.2) is 0 Å². The number of rotatable bonds is 5. The van der Waals surface area contributed by atoms with Gasteiger partial charge in [-0.05, 0) is 31.6 Å². The summed E-state index contributed by atoms with van der Waals surface area (Å²) in [6, 6.07) is 0.730. The predicted octanol–water partition coefficient (Wildman–Crippen LogP) is 2.20. The van der Waals surface area contributed by atoms with E-state index in [-0.39, 0.29) is 5.91 Å². The van der Waals surface area contributed by atoms with E-state index in [1.54, 1.807) is 0 Å². The second-order valence-electron chi connectivity index (χ2n) is 5.07. The summed E-state index contributed by atoms with van der Waals surface area (Å²) in [7, 11) is 0. The van der Waals surface area contributed by atoms with E-state index in [1.165, 1.54) is 0 Å². The molecule has 1 rings (SSSR count). The standard InChI is InChI=1S/C13H26N2O/c1-3-10(4-2)9-13(16)15-12-7-5-11(14)6-8-12/h10-12H,3-9,14H2,1-2H3,(H,15,16). The summed E-state index contributed by atoms with van der Waals surface area (Å²) < 4.78 is 0. The van der Waals surface area contributed by atoms with Gasteiger partial charge in [0.2, 0.25) is 5.91 Å². The highest BCUT2D eigenvalue weighted by Gasteiger charge is 2.20. The molecule has 0 radical (unpaired) electrons. The van der Waals surface area contributed by atoms with Crippen LogP contribution in [-0.4, -0.2) is 18.0 Å². The summed E-state index contributed by atoms with van der Waals surface area (Å²) in [5.74, 6) is 0.778. The second kappa shape index (κ2) is 6.89. The Kier molecular flexibility index (Phi) is 5.81. The number of hydrogen-bond acceptors (Lipinski definition) is 2. The molecule has 0 unspecified atom stereocenters.